The average Bonchev–Trinajstić information content (AvgIpc) is 2.47. The molecule has 0 spiro atoms. The largest absolute Gasteiger partial charge is 0.384 e. The quantitative estimate of drug-likeness (QED) is 0.745. The van der Waals surface area contributed by atoms with Crippen molar-refractivity contribution in [2.45, 2.75) is 0 Å². The molecule has 3 aromatic rings. The zero-order chi connectivity index (χ0) is 13.9. The molecule has 20 heavy (non-hydrogen) atoms. The molecule has 0 saturated carbocycles. The molecule has 0 aliphatic rings. The molecular weight excluding hydrogens is 252 g/mol. The number of nitrogens with two attached hydrogens (primary N) is 1. The Kier molecular flexibility index (Phi) is 3.01. The Hall–Kier alpha value is -2.95. The lowest BCUT2D eigenvalue weighted by atomic mass is 10.2. The summed E-state index contributed by atoms with van der Waals surface area (Å²) in [6.45, 7) is 0. The van der Waals surface area contributed by atoms with E-state index >= 15 is 0 Å². The van der Waals surface area contributed by atoms with Crippen LogP contribution in [0.25, 0.3) is 10.9 Å². The third kappa shape index (κ3) is 2.42. The summed E-state index contributed by atoms with van der Waals surface area (Å²) in [7, 11) is 0. The second-order valence-electron chi connectivity index (χ2n) is 4.32. The van der Waals surface area contributed by atoms with Crippen LogP contribution < -0.4 is 11.1 Å². The number of fused-ring (bicyclic) bond motifs is 1. The van der Waals surface area contributed by atoms with Crippen molar-refractivity contribution in [3.05, 3.63) is 60.4 Å². The molecule has 98 valence electrons. The van der Waals surface area contributed by atoms with Crippen LogP contribution in [0.5, 0.6) is 0 Å². The van der Waals surface area contributed by atoms with Crippen LogP contribution in [0.15, 0.2) is 54.7 Å². The lowest BCUT2D eigenvalue weighted by Gasteiger charge is -2.06. The molecule has 0 aliphatic carbocycles. The van der Waals surface area contributed by atoms with E-state index in [4.69, 9.17) is 5.73 Å². The summed E-state index contributed by atoms with van der Waals surface area (Å²) in [5, 5.41) is 3.72. The second kappa shape index (κ2) is 4.97. The number of hydrogen-bond acceptors (Lipinski definition) is 4. The van der Waals surface area contributed by atoms with Gasteiger partial charge in [-0.15, -0.1) is 0 Å². The second-order valence-corrected chi connectivity index (χ2v) is 4.32. The zero-order valence-corrected chi connectivity index (χ0v) is 10.6. The minimum absolute atomic E-state index is 0.276. The van der Waals surface area contributed by atoms with Gasteiger partial charge in [-0.25, -0.2) is 4.98 Å². The smallest absolute Gasteiger partial charge is 0.274 e. The zero-order valence-electron chi connectivity index (χ0n) is 10.6. The molecule has 3 rings (SSSR count). The van der Waals surface area contributed by atoms with Gasteiger partial charge < -0.3 is 11.1 Å². The van der Waals surface area contributed by atoms with Gasteiger partial charge in [-0.2, -0.15) is 0 Å². The minimum Gasteiger partial charge on any atom is -0.384 e. The van der Waals surface area contributed by atoms with Crippen LogP contribution in [0, 0.1) is 0 Å². The van der Waals surface area contributed by atoms with E-state index in [0.717, 1.165) is 10.9 Å². The molecule has 0 bridgehead atoms. The maximum atomic E-state index is 12.0. The fraction of sp³-hybridized carbons (Fsp3) is 0. The van der Waals surface area contributed by atoms with Gasteiger partial charge in [-0.05, 0) is 24.3 Å². The van der Waals surface area contributed by atoms with Crippen molar-refractivity contribution in [2.24, 2.45) is 0 Å². The van der Waals surface area contributed by atoms with Gasteiger partial charge in [-0.1, -0.05) is 24.3 Å². The van der Waals surface area contributed by atoms with Gasteiger partial charge in [0.2, 0.25) is 0 Å². The Bertz CT molecular complexity index is 785. The third-order valence-corrected chi connectivity index (χ3v) is 2.85. The van der Waals surface area contributed by atoms with Gasteiger partial charge in [0.05, 0.1) is 17.4 Å². The SMILES string of the molecule is Nc1cccc(C(=O)Nc2cnc3ccccc3c2)n1. The number of aromatic nitrogens is 2. The van der Waals surface area contributed by atoms with Crippen LogP contribution in [-0.2, 0) is 0 Å². The Morgan fingerprint density at radius 3 is 2.80 bits per heavy atom. The summed E-state index contributed by atoms with van der Waals surface area (Å²) in [5.41, 5.74) is 7.34. The molecule has 0 aliphatic heterocycles. The van der Waals surface area contributed by atoms with Crippen LogP contribution in [0.3, 0.4) is 0 Å². The fourth-order valence-corrected chi connectivity index (χ4v) is 1.91. The van der Waals surface area contributed by atoms with Crippen molar-refractivity contribution in [2.75, 3.05) is 11.1 Å². The summed E-state index contributed by atoms with van der Waals surface area (Å²) in [6.07, 6.45) is 1.62. The molecule has 3 N–H and O–H groups in total. The molecule has 1 amide bonds. The van der Waals surface area contributed by atoms with Crippen LogP contribution in [0.1, 0.15) is 10.5 Å². The van der Waals surface area contributed by atoms with Crippen LogP contribution in [0.2, 0.25) is 0 Å². The molecule has 2 aromatic heterocycles. The van der Waals surface area contributed by atoms with E-state index in [-0.39, 0.29) is 11.6 Å². The van der Waals surface area contributed by atoms with Crippen LogP contribution in [0.4, 0.5) is 11.5 Å². The summed E-state index contributed by atoms with van der Waals surface area (Å²) in [6, 6.07) is 14.5. The maximum Gasteiger partial charge on any atom is 0.274 e. The molecule has 1 aromatic carbocycles. The van der Waals surface area contributed by atoms with Gasteiger partial charge in [0.15, 0.2) is 0 Å². The molecule has 0 radical (unpaired) electrons. The molecule has 0 unspecified atom stereocenters. The Labute approximate surface area is 115 Å². The van der Waals surface area contributed by atoms with Crippen molar-refractivity contribution >= 4 is 28.3 Å². The van der Waals surface area contributed by atoms with Gasteiger partial charge in [0, 0.05) is 5.39 Å². The summed E-state index contributed by atoms with van der Waals surface area (Å²) in [5.74, 6) is 0.00340. The van der Waals surface area contributed by atoms with Gasteiger partial charge in [-0.3, -0.25) is 9.78 Å². The van der Waals surface area contributed by atoms with Gasteiger partial charge in [0.25, 0.3) is 5.91 Å². The number of hydrogen-bond donors (Lipinski definition) is 2. The minimum atomic E-state index is -0.311. The number of carbonyl (C=O) groups is 1. The van der Waals surface area contributed by atoms with Crippen molar-refractivity contribution < 1.29 is 4.79 Å². The molecule has 5 nitrogen and oxygen atoms in total. The van der Waals surface area contributed by atoms with E-state index in [9.17, 15) is 4.79 Å². The van der Waals surface area contributed by atoms with E-state index in [1.807, 2.05) is 30.3 Å². The number of nitrogens with zero attached hydrogens (tertiary/aromatic N) is 2. The Morgan fingerprint density at radius 2 is 1.95 bits per heavy atom. The molecule has 0 atom stereocenters. The van der Waals surface area contributed by atoms with Gasteiger partial charge >= 0.3 is 0 Å². The highest BCUT2D eigenvalue weighted by atomic mass is 16.1. The first kappa shape index (κ1) is 12.1. The fourth-order valence-electron chi connectivity index (χ4n) is 1.91. The van der Waals surface area contributed by atoms with Gasteiger partial charge in [0.1, 0.15) is 11.5 Å². The average molecular weight is 264 g/mol. The monoisotopic (exact) mass is 264 g/mol. The lowest BCUT2D eigenvalue weighted by molar-refractivity contribution is 0.102. The number of nitrogen functional groups attached to an aromatic ring is 1. The number of amides is 1. The molecule has 0 saturated heterocycles. The molecular formula is C15H12N4O. The lowest BCUT2D eigenvalue weighted by Crippen LogP contribution is -2.14. The first-order chi connectivity index (χ1) is 9.72. The van der Waals surface area contributed by atoms with E-state index in [1.54, 1.807) is 24.4 Å². The molecule has 2 heterocycles. The van der Waals surface area contributed by atoms with E-state index in [0.29, 0.717) is 11.5 Å². The summed E-state index contributed by atoms with van der Waals surface area (Å²) < 4.78 is 0. The van der Waals surface area contributed by atoms with Crippen molar-refractivity contribution in [1.29, 1.82) is 0 Å². The van der Waals surface area contributed by atoms with Crippen molar-refractivity contribution in [3.8, 4) is 0 Å². The Balaban J connectivity index is 1.87. The maximum absolute atomic E-state index is 12.0. The standard InChI is InChI=1S/C15H12N4O/c16-14-7-3-6-13(19-14)15(20)18-11-8-10-4-1-2-5-12(10)17-9-11/h1-9H,(H2,16,19)(H,18,20). The number of nitrogens with one attached hydrogen (secondary N) is 1. The summed E-state index contributed by atoms with van der Waals surface area (Å²) >= 11 is 0. The predicted octanol–water partition coefficient (Wildman–Crippen LogP) is 2.46. The number of para-hydroxylation sites is 1. The normalized spacial score (nSPS) is 10.4. The number of carbonyl (C=O) groups excluding carboxylic acids is 1. The number of pyridine rings is 2. The van der Waals surface area contributed by atoms with E-state index < -0.39 is 0 Å². The Morgan fingerprint density at radius 1 is 1.10 bits per heavy atom. The number of rotatable bonds is 2. The van der Waals surface area contributed by atoms with E-state index in [1.165, 1.54) is 0 Å². The van der Waals surface area contributed by atoms with Crippen LogP contribution in [-0.4, -0.2) is 15.9 Å². The first-order valence-electron chi connectivity index (χ1n) is 6.11. The predicted molar refractivity (Wildman–Crippen MR) is 78.3 cm³/mol. The first-order valence-corrected chi connectivity index (χ1v) is 6.11. The third-order valence-electron chi connectivity index (χ3n) is 2.85. The molecule has 0 fully saturated rings. The van der Waals surface area contributed by atoms with Crippen molar-refractivity contribution in [1.82, 2.24) is 9.97 Å². The summed E-state index contributed by atoms with van der Waals surface area (Å²) in [4.78, 5) is 20.3. The highest BCUT2D eigenvalue weighted by Gasteiger charge is 2.08. The van der Waals surface area contributed by atoms with Crippen molar-refractivity contribution in [3.63, 3.8) is 0 Å². The number of benzene rings is 1. The topological polar surface area (TPSA) is 80.9 Å². The highest BCUT2D eigenvalue weighted by Crippen LogP contribution is 2.16. The van der Waals surface area contributed by atoms with Crippen LogP contribution >= 0.6 is 0 Å². The number of anilines is 2. The highest BCUT2D eigenvalue weighted by molar-refractivity contribution is 6.03. The van der Waals surface area contributed by atoms with E-state index in [2.05, 4.69) is 15.3 Å². The molecule has 5 heteroatoms.